The molecule has 4 aliphatic heterocycles. The lowest BCUT2D eigenvalue weighted by Gasteiger charge is -2.44. The Balaban J connectivity index is 1.37. The maximum atomic E-state index is 12.7. The predicted octanol–water partition coefficient (Wildman–Crippen LogP) is 5.36. The van der Waals surface area contributed by atoms with E-state index in [1.165, 1.54) is 5.56 Å². The molecule has 1 unspecified atom stereocenters. The van der Waals surface area contributed by atoms with Gasteiger partial charge in [-0.25, -0.2) is 0 Å². The van der Waals surface area contributed by atoms with Crippen molar-refractivity contribution in [3.05, 3.63) is 46.5 Å². The molecule has 0 aromatic heterocycles. The summed E-state index contributed by atoms with van der Waals surface area (Å²) in [6.07, 6.45) is -1.70. The minimum atomic E-state index is -4.60. The molecule has 1 atom stereocenters. The van der Waals surface area contributed by atoms with Crippen LogP contribution in [0.25, 0.3) is 11.8 Å². The molecule has 1 saturated heterocycles. The van der Waals surface area contributed by atoms with Crippen LogP contribution in [0, 0.1) is 0 Å². The fourth-order valence-electron chi connectivity index (χ4n) is 5.86. The van der Waals surface area contributed by atoms with E-state index in [0.717, 1.165) is 58.3 Å². The van der Waals surface area contributed by atoms with Gasteiger partial charge in [0, 0.05) is 36.5 Å². The minimum absolute atomic E-state index is 0.0674. The highest BCUT2D eigenvalue weighted by atomic mass is 19.4. The monoisotopic (exact) mass is 488 g/mol. The van der Waals surface area contributed by atoms with Crippen molar-refractivity contribution in [1.29, 1.82) is 0 Å². The van der Waals surface area contributed by atoms with Gasteiger partial charge in [0.25, 0.3) is 0 Å². The smallest absolute Gasteiger partial charge is 0.495 e. The molecular formula is C26H27F3N2O4. The van der Waals surface area contributed by atoms with Gasteiger partial charge in [0.2, 0.25) is 6.79 Å². The van der Waals surface area contributed by atoms with E-state index in [4.69, 9.17) is 14.2 Å². The van der Waals surface area contributed by atoms with E-state index in [0.29, 0.717) is 25.9 Å². The number of ether oxygens (including phenoxy) is 4. The van der Waals surface area contributed by atoms with Crippen LogP contribution in [0.1, 0.15) is 48.1 Å². The first kappa shape index (κ1) is 22.4. The SMILES string of the molecule is COc1ccc2c(c1N1CCC(OC(F)(F)F)CC1)C(C)N1CCc3cc4c(cc3C1=C2)OCO4. The van der Waals surface area contributed by atoms with Crippen molar-refractivity contribution in [3.63, 3.8) is 0 Å². The van der Waals surface area contributed by atoms with Gasteiger partial charge < -0.3 is 24.0 Å². The van der Waals surface area contributed by atoms with E-state index in [9.17, 15) is 13.2 Å². The number of alkyl halides is 3. The Morgan fingerprint density at radius 1 is 1.03 bits per heavy atom. The van der Waals surface area contributed by atoms with Crippen LogP contribution in [0.4, 0.5) is 18.9 Å². The van der Waals surface area contributed by atoms with Gasteiger partial charge in [-0.3, -0.25) is 4.74 Å². The summed E-state index contributed by atoms with van der Waals surface area (Å²) in [6, 6.07) is 8.25. The highest BCUT2D eigenvalue weighted by Gasteiger charge is 2.38. The van der Waals surface area contributed by atoms with Crippen LogP contribution in [-0.2, 0) is 11.2 Å². The molecule has 0 bridgehead atoms. The molecule has 186 valence electrons. The van der Waals surface area contributed by atoms with E-state index in [1.54, 1.807) is 7.11 Å². The molecule has 6 nitrogen and oxygen atoms in total. The molecule has 4 heterocycles. The standard InChI is InChI=1S/C26H27F3N2O4/c1-15-24-17(11-20-19-13-23-22(33-14-34-23)12-16(19)5-10-31(15)20)3-4-21(32-2)25(24)30-8-6-18(7-9-30)35-26(27,28)29/h3-4,11-13,15,18H,5-10,14H2,1-2H3. The number of benzene rings is 2. The van der Waals surface area contributed by atoms with E-state index in [-0.39, 0.29) is 12.8 Å². The zero-order valence-corrected chi connectivity index (χ0v) is 19.7. The Bertz CT molecular complexity index is 1190. The summed E-state index contributed by atoms with van der Waals surface area (Å²) in [5.41, 5.74) is 6.76. The van der Waals surface area contributed by atoms with Gasteiger partial charge in [-0.15, -0.1) is 13.2 Å². The predicted molar refractivity (Wildman–Crippen MR) is 125 cm³/mol. The number of hydrogen-bond donors (Lipinski definition) is 0. The third-order valence-corrected chi connectivity index (χ3v) is 7.48. The van der Waals surface area contributed by atoms with Crippen LogP contribution < -0.4 is 19.1 Å². The molecule has 1 fully saturated rings. The molecule has 0 amide bonds. The van der Waals surface area contributed by atoms with Crippen molar-refractivity contribution >= 4 is 17.5 Å². The van der Waals surface area contributed by atoms with E-state index in [1.807, 2.05) is 6.07 Å². The molecule has 6 rings (SSSR count). The molecule has 0 aliphatic carbocycles. The number of methoxy groups -OCH3 is 1. The van der Waals surface area contributed by atoms with Gasteiger partial charge in [-0.1, -0.05) is 6.07 Å². The number of anilines is 1. The number of nitrogens with zero attached hydrogens (tertiary/aromatic N) is 2. The van der Waals surface area contributed by atoms with E-state index >= 15 is 0 Å². The second-order valence-corrected chi connectivity index (χ2v) is 9.38. The van der Waals surface area contributed by atoms with Gasteiger partial charge in [0.05, 0.1) is 24.9 Å². The van der Waals surface area contributed by atoms with Crippen molar-refractivity contribution < 1.29 is 32.1 Å². The maximum Gasteiger partial charge on any atom is 0.522 e. The average Bonchev–Trinajstić information content (AvgIpc) is 3.29. The molecule has 0 spiro atoms. The summed E-state index contributed by atoms with van der Waals surface area (Å²) in [4.78, 5) is 4.55. The second-order valence-electron chi connectivity index (χ2n) is 9.38. The first-order valence-electron chi connectivity index (χ1n) is 11.9. The molecule has 4 aliphatic rings. The van der Waals surface area contributed by atoms with Crippen LogP contribution in [-0.4, -0.2) is 50.9 Å². The third kappa shape index (κ3) is 3.86. The highest BCUT2D eigenvalue weighted by Crippen LogP contribution is 2.50. The molecule has 0 radical (unpaired) electrons. The molecule has 35 heavy (non-hydrogen) atoms. The largest absolute Gasteiger partial charge is 0.522 e. The van der Waals surface area contributed by atoms with Crippen molar-refractivity contribution in [3.8, 4) is 17.2 Å². The van der Waals surface area contributed by atoms with Crippen molar-refractivity contribution in [1.82, 2.24) is 4.90 Å². The van der Waals surface area contributed by atoms with E-state index < -0.39 is 12.5 Å². The summed E-state index contributed by atoms with van der Waals surface area (Å²) in [7, 11) is 1.64. The van der Waals surface area contributed by atoms with Crippen LogP contribution in [0.15, 0.2) is 24.3 Å². The number of rotatable bonds is 3. The summed E-state index contributed by atoms with van der Waals surface area (Å²) in [5, 5.41) is 0. The fourth-order valence-corrected chi connectivity index (χ4v) is 5.86. The van der Waals surface area contributed by atoms with Gasteiger partial charge in [0.15, 0.2) is 11.5 Å². The number of halogens is 3. The Hall–Kier alpha value is -3.07. The summed E-state index contributed by atoms with van der Waals surface area (Å²) < 4.78 is 59.4. The lowest BCUT2D eigenvalue weighted by Crippen LogP contribution is -2.41. The van der Waals surface area contributed by atoms with Gasteiger partial charge in [-0.05, 0) is 61.6 Å². The fraction of sp³-hybridized carbons (Fsp3) is 0.462. The molecular weight excluding hydrogens is 461 g/mol. The summed E-state index contributed by atoms with van der Waals surface area (Å²) in [6.45, 7) is 4.24. The first-order valence-corrected chi connectivity index (χ1v) is 11.9. The minimum Gasteiger partial charge on any atom is -0.495 e. The lowest BCUT2D eigenvalue weighted by atomic mass is 9.85. The van der Waals surface area contributed by atoms with Crippen molar-refractivity contribution in [2.24, 2.45) is 0 Å². The lowest BCUT2D eigenvalue weighted by molar-refractivity contribution is -0.344. The van der Waals surface area contributed by atoms with Gasteiger partial charge in [0.1, 0.15) is 5.75 Å². The molecule has 0 N–H and O–H groups in total. The third-order valence-electron chi connectivity index (χ3n) is 7.48. The van der Waals surface area contributed by atoms with Crippen LogP contribution in [0.2, 0.25) is 0 Å². The molecule has 9 heteroatoms. The van der Waals surface area contributed by atoms with E-state index in [2.05, 4.69) is 45.7 Å². The average molecular weight is 489 g/mol. The van der Waals surface area contributed by atoms with Gasteiger partial charge >= 0.3 is 6.36 Å². The Kier molecular flexibility index (Phi) is 5.28. The zero-order chi connectivity index (χ0) is 24.3. The molecule has 2 aromatic carbocycles. The molecule has 2 aromatic rings. The second kappa shape index (κ2) is 8.26. The Labute approximate surface area is 201 Å². The molecule has 0 saturated carbocycles. The van der Waals surface area contributed by atoms with Crippen molar-refractivity contribution in [2.75, 3.05) is 38.4 Å². The maximum absolute atomic E-state index is 12.7. The normalized spacial score (nSPS) is 21.3. The van der Waals surface area contributed by atoms with Crippen LogP contribution in [0.3, 0.4) is 0 Å². The zero-order valence-electron chi connectivity index (χ0n) is 19.7. The Morgan fingerprint density at radius 3 is 2.49 bits per heavy atom. The summed E-state index contributed by atoms with van der Waals surface area (Å²) in [5.74, 6) is 2.31. The van der Waals surface area contributed by atoms with Crippen LogP contribution >= 0.6 is 0 Å². The Morgan fingerprint density at radius 2 is 1.77 bits per heavy atom. The van der Waals surface area contributed by atoms with Crippen molar-refractivity contribution in [2.45, 2.75) is 44.7 Å². The number of piperidine rings is 1. The first-order chi connectivity index (χ1) is 16.8. The van der Waals surface area contributed by atoms with Crippen LogP contribution in [0.5, 0.6) is 17.2 Å². The van der Waals surface area contributed by atoms with Gasteiger partial charge in [-0.2, -0.15) is 0 Å². The topological polar surface area (TPSA) is 43.4 Å². The summed E-state index contributed by atoms with van der Waals surface area (Å²) >= 11 is 0. The quantitative estimate of drug-likeness (QED) is 0.580. The highest BCUT2D eigenvalue weighted by molar-refractivity contribution is 5.89. The number of fused-ring (bicyclic) bond motifs is 5. The number of hydrogen-bond acceptors (Lipinski definition) is 6.